The molecule has 7 heteroatoms. The number of nitrogens with one attached hydrogen (secondary N) is 2. The maximum atomic E-state index is 12.6. The van der Waals surface area contributed by atoms with Gasteiger partial charge < -0.3 is 25.0 Å². The number of carbonyl (C=O) groups excluding carboxylic acids is 2. The van der Waals surface area contributed by atoms with Gasteiger partial charge in [-0.15, -0.1) is 0 Å². The van der Waals surface area contributed by atoms with E-state index in [1.165, 1.54) is 0 Å². The van der Waals surface area contributed by atoms with Crippen LogP contribution in [0.25, 0.3) is 0 Å². The fourth-order valence-electron chi connectivity index (χ4n) is 3.42. The molecule has 7 nitrogen and oxygen atoms in total. The monoisotopic (exact) mass is 425 g/mol. The van der Waals surface area contributed by atoms with Crippen molar-refractivity contribution in [1.29, 1.82) is 0 Å². The summed E-state index contributed by atoms with van der Waals surface area (Å²) in [6, 6.07) is 14.5. The molecule has 1 heterocycles. The van der Waals surface area contributed by atoms with E-state index in [4.69, 9.17) is 9.47 Å². The van der Waals surface area contributed by atoms with Crippen LogP contribution >= 0.6 is 0 Å². The molecule has 166 valence electrons. The molecule has 3 rings (SSSR count). The van der Waals surface area contributed by atoms with E-state index in [9.17, 15) is 9.59 Å². The van der Waals surface area contributed by atoms with E-state index in [1.54, 1.807) is 25.3 Å². The van der Waals surface area contributed by atoms with E-state index in [0.717, 1.165) is 31.6 Å². The molecule has 2 aromatic carbocycles. The highest BCUT2D eigenvalue weighted by molar-refractivity contribution is 5.95. The largest absolute Gasteiger partial charge is 0.491 e. The minimum absolute atomic E-state index is 0.0730. The number of likely N-dealkylation sites (tertiary alicyclic amines) is 1. The molecule has 2 N–H and O–H groups in total. The molecule has 2 amide bonds. The SMILES string of the molecule is COCCOc1cccc(NC(=O)CNc2ccc(C(=O)N3CCC(C)CC3)cc2)c1. The number of carbonyl (C=O) groups is 2. The second-order valence-electron chi connectivity index (χ2n) is 7.82. The summed E-state index contributed by atoms with van der Waals surface area (Å²) in [6.07, 6.45) is 2.12. The third-order valence-electron chi connectivity index (χ3n) is 5.33. The Hall–Kier alpha value is -3.06. The summed E-state index contributed by atoms with van der Waals surface area (Å²) in [5.74, 6) is 1.26. The summed E-state index contributed by atoms with van der Waals surface area (Å²) in [6.45, 7) is 4.93. The first-order valence-electron chi connectivity index (χ1n) is 10.7. The molecule has 0 saturated carbocycles. The van der Waals surface area contributed by atoms with E-state index in [2.05, 4.69) is 17.6 Å². The maximum absolute atomic E-state index is 12.6. The van der Waals surface area contributed by atoms with Crippen molar-refractivity contribution >= 4 is 23.2 Å². The molecule has 0 bridgehead atoms. The van der Waals surface area contributed by atoms with Crippen LogP contribution in [0.1, 0.15) is 30.1 Å². The topological polar surface area (TPSA) is 79.9 Å². The smallest absolute Gasteiger partial charge is 0.253 e. The van der Waals surface area contributed by atoms with Gasteiger partial charge >= 0.3 is 0 Å². The Morgan fingerprint density at radius 2 is 1.77 bits per heavy atom. The summed E-state index contributed by atoms with van der Waals surface area (Å²) in [5.41, 5.74) is 2.13. The molecule has 0 atom stereocenters. The third-order valence-corrected chi connectivity index (χ3v) is 5.33. The zero-order valence-corrected chi connectivity index (χ0v) is 18.2. The van der Waals surface area contributed by atoms with Crippen molar-refractivity contribution in [1.82, 2.24) is 4.90 Å². The van der Waals surface area contributed by atoms with E-state index in [1.807, 2.05) is 35.2 Å². The summed E-state index contributed by atoms with van der Waals surface area (Å²) in [5, 5.41) is 5.93. The fourth-order valence-corrected chi connectivity index (χ4v) is 3.42. The number of nitrogens with zero attached hydrogens (tertiary/aromatic N) is 1. The molecule has 0 unspecified atom stereocenters. The van der Waals surface area contributed by atoms with E-state index in [-0.39, 0.29) is 18.4 Å². The lowest BCUT2D eigenvalue weighted by atomic mass is 9.98. The Kier molecular flexibility index (Phi) is 8.29. The van der Waals surface area contributed by atoms with Gasteiger partial charge in [0.2, 0.25) is 5.91 Å². The standard InChI is InChI=1S/C24H31N3O4/c1-18-10-12-27(13-11-18)24(29)19-6-8-20(9-7-19)25-17-23(28)26-21-4-3-5-22(16-21)31-15-14-30-2/h3-9,16,18,25H,10-15,17H2,1-2H3,(H,26,28). The van der Waals surface area contributed by atoms with Crippen molar-refractivity contribution in [3.63, 3.8) is 0 Å². The van der Waals surface area contributed by atoms with Gasteiger partial charge in [0.1, 0.15) is 12.4 Å². The lowest BCUT2D eigenvalue weighted by Gasteiger charge is -2.30. The number of anilines is 2. The zero-order chi connectivity index (χ0) is 22.1. The second-order valence-corrected chi connectivity index (χ2v) is 7.82. The number of hydrogen-bond donors (Lipinski definition) is 2. The lowest BCUT2D eigenvalue weighted by molar-refractivity contribution is -0.114. The van der Waals surface area contributed by atoms with Gasteiger partial charge in [-0.1, -0.05) is 13.0 Å². The normalized spacial score (nSPS) is 14.2. The van der Waals surface area contributed by atoms with E-state index < -0.39 is 0 Å². The number of ether oxygens (including phenoxy) is 2. The summed E-state index contributed by atoms with van der Waals surface area (Å²) in [4.78, 5) is 26.8. The van der Waals surface area contributed by atoms with Crippen LogP contribution < -0.4 is 15.4 Å². The molecule has 0 aliphatic carbocycles. The second kappa shape index (κ2) is 11.4. The lowest BCUT2D eigenvalue weighted by Crippen LogP contribution is -2.37. The Bertz CT molecular complexity index is 861. The van der Waals surface area contributed by atoms with Crippen molar-refractivity contribution in [3.05, 3.63) is 54.1 Å². The number of methoxy groups -OCH3 is 1. The van der Waals surface area contributed by atoms with Crippen molar-refractivity contribution in [2.24, 2.45) is 5.92 Å². The first-order valence-corrected chi connectivity index (χ1v) is 10.7. The van der Waals surface area contributed by atoms with E-state index in [0.29, 0.717) is 36.1 Å². The number of amides is 2. The molecule has 31 heavy (non-hydrogen) atoms. The minimum atomic E-state index is -0.170. The van der Waals surface area contributed by atoms with Crippen LogP contribution in [0.5, 0.6) is 5.75 Å². The van der Waals surface area contributed by atoms with Crippen LogP contribution in [0.15, 0.2) is 48.5 Å². The highest BCUT2D eigenvalue weighted by atomic mass is 16.5. The quantitative estimate of drug-likeness (QED) is 0.600. The van der Waals surface area contributed by atoms with Crippen molar-refractivity contribution in [3.8, 4) is 5.75 Å². The van der Waals surface area contributed by atoms with Crippen molar-refractivity contribution in [2.75, 3.05) is 50.6 Å². The first-order chi connectivity index (χ1) is 15.0. The van der Waals surface area contributed by atoms with E-state index >= 15 is 0 Å². The molecule has 1 aliphatic rings. The number of benzene rings is 2. The average molecular weight is 426 g/mol. The number of piperidine rings is 1. The average Bonchev–Trinajstić information content (AvgIpc) is 2.78. The zero-order valence-electron chi connectivity index (χ0n) is 18.2. The van der Waals surface area contributed by atoms with Crippen LogP contribution in [0.2, 0.25) is 0 Å². The summed E-state index contributed by atoms with van der Waals surface area (Å²) >= 11 is 0. The van der Waals surface area contributed by atoms with Crippen LogP contribution in [-0.4, -0.2) is 56.7 Å². The van der Waals surface area contributed by atoms with Crippen LogP contribution in [0, 0.1) is 5.92 Å². The predicted molar refractivity (Wildman–Crippen MR) is 122 cm³/mol. The molecule has 0 radical (unpaired) electrons. The molecule has 1 saturated heterocycles. The summed E-state index contributed by atoms with van der Waals surface area (Å²) < 4.78 is 10.5. The molecule has 1 aliphatic heterocycles. The van der Waals surface area contributed by atoms with Crippen molar-refractivity contribution < 1.29 is 19.1 Å². The van der Waals surface area contributed by atoms with Crippen molar-refractivity contribution in [2.45, 2.75) is 19.8 Å². The predicted octanol–water partition coefficient (Wildman–Crippen LogP) is 3.63. The summed E-state index contributed by atoms with van der Waals surface area (Å²) in [7, 11) is 1.62. The molecular weight excluding hydrogens is 394 g/mol. The number of hydrogen-bond acceptors (Lipinski definition) is 5. The van der Waals surface area contributed by atoms with Crippen LogP contribution in [0.4, 0.5) is 11.4 Å². The van der Waals surface area contributed by atoms with Gasteiger partial charge in [-0.3, -0.25) is 9.59 Å². The number of rotatable bonds is 9. The Morgan fingerprint density at radius 3 is 2.48 bits per heavy atom. The van der Waals surface area contributed by atoms with Gasteiger partial charge in [-0.25, -0.2) is 0 Å². The highest BCUT2D eigenvalue weighted by Gasteiger charge is 2.21. The molecule has 0 aromatic heterocycles. The Morgan fingerprint density at radius 1 is 1.03 bits per heavy atom. The van der Waals surface area contributed by atoms with Gasteiger partial charge in [0.05, 0.1) is 13.2 Å². The molecular formula is C24H31N3O4. The highest BCUT2D eigenvalue weighted by Crippen LogP contribution is 2.20. The van der Waals surface area contributed by atoms with Crippen LogP contribution in [0.3, 0.4) is 0 Å². The fraction of sp³-hybridized carbons (Fsp3) is 0.417. The van der Waals surface area contributed by atoms with Gasteiger partial charge in [0.25, 0.3) is 5.91 Å². The van der Waals surface area contributed by atoms with Gasteiger partial charge in [0, 0.05) is 43.2 Å². The Balaban J connectivity index is 1.46. The molecule has 1 fully saturated rings. The minimum Gasteiger partial charge on any atom is -0.491 e. The maximum Gasteiger partial charge on any atom is 0.253 e. The van der Waals surface area contributed by atoms with Gasteiger partial charge in [0.15, 0.2) is 0 Å². The third kappa shape index (κ3) is 7.00. The van der Waals surface area contributed by atoms with Gasteiger partial charge in [-0.05, 0) is 55.2 Å². The molecule has 0 spiro atoms. The van der Waals surface area contributed by atoms with Crippen LogP contribution in [-0.2, 0) is 9.53 Å². The first kappa shape index (κ1) is 22.6. The van der Waals surface area contributed by atoms with Gasteiger partial charge in [-0.2, -0.15) is 0 Å². The Labute approximate surface area is 183 Å². The molecule has 2 aromatic rings.